The summed E-state index contributed by atoms with van der Waals surface area (Å²) in [6.07, 6.45) is 0.193. The minimum Gasteiger partial charge on any atom is -0.481 e. The van der Waals surface area contributed by atoms with Crippen LogP contribution in [0.3, 0.4) is 0 Å². The molecule has 20 nitrogen and oxygen atoms in total. The Morgan fingerprint density at radius 3 is 1.98 bits per heavy atom. The third-order valence-corrected chi connectivity index (χ3v) is 16.1. The highest BCUT2D eigenvalue weighted by molar-refractivity contribution is 8.00. The zero-order valence-electron chi connectivity index (χ0n) is 50.1. The van der Waals surface area contributed by atoms with Crippen LogP contribution < -0.4 is 16.4 Å². The SMILES string of the molecule is CC(C)[C@H](CC(=O)CCCCCN1C(=O)C=CC1=O)C(=O)N[C@@H](C)C(=O)C[C@@H](CSCC(=O)CC[C@@H](NC(=O)CCSCC(=O)N(CCCN)[C@@H](c1cc(-c2cc(F)ccc2F)cn1Cc1ccccc1)C(C)(C)C)C(=O)O)C(=O)O.O=C(O)C(F)(F)F. The van der Waals surface area contributed by atoms with Gasteiger partial charge in [-0.15, -0.1) is 0 Å². The van der Waals surface area contributed by atoms with Gasteiger partial charge in [0.1, 0.15) is 29.2 Å². The van der Waals surface area contributed by atoms with Crippen LogP contribution in [0.25, 0.3) is 11.1 Å². The van der Waals surface area contributed by atoms with Gasteiger partial charge in [0.2, 0.25) is 17.7 Å². The van der Waals surface area contributed by atoms with Crippen molar-refractivity contribution in [1.82, 2.24) is 25.0 Å². The Hall–Kier alpha value is -7.26. The van der Waals surface area contributed by atoms with Gasteiger partial charge in [0.15, 0.2) is 5.78 Å². The Morgan fingerprint density at radius 2 is 1.40 bits per heavy atom. The normalized spacial score (nSPS) is 14.1. The second-order valence-corrected chi connectivity index (χ2v) is 24.7. The van der Waals surface area contributed by atoms with E-state index in [0.29, 0.717) is 50.0 Å². The number of unbranched alkanes of at least 4 members (excludes halogenated alkanes) is 2. The van der Waals surface area contributed by atoms with Crippen LogP contribution in [0.2, 0.25) is 0 Å². The molecule has 0 unspecified atom stereocenters. The van der Waals surface area contributed by atoms with E-state index in [1.807, 2.05) is 55.7 Å². The molecule has 0 aliphatic carbocycles. The summed E-state index contributed by atoms with van der Waals surface area (Å²) < 4.78 is 63.3. The molecule has 0 spiro atoms. The van der Waals surface area contributed by atoms with Crippen LogP contribution in [0.1, 0.15) is 123 Å². The lowest BCUT2D eigenvalue weighted by Crippen LogP contribution is -2.44. The Kier molecular flexibility index (Phi) is 30.9. The predicted molar refractivity (Wildman–Crippen MR) is 320 cm³/mol. The number of aromatic nitrogens is 1. The average Bonchev–Trinajstić information content (AvgIpc) is 2.30. The number of ketones is 3. The first-order chi connectivity index (χ1) is 41.2. The molecule has 2 aromatic carbocycles. The summed E-state index contributed by atoms with van der Waals surface area (Å²) in [5.41, 5.74) is 7.53. The van der Waals surface area contributed by atoms with Gasteiger partial charge in [-0.25, -0.2) is 18.4 Å². The molecule has 1 aliphatic heterocycles. The summed E-state index contributed by atoms with van der Waals surface area (Å²) in [5, 5.41) is 32.0. The van der Waals surface area contributed by atoms with Gasteiger partial charge < -0.3 is 41.2 Å². The Balaban J connectivity index is 0.00000272. The number of carbonyl (C=O) groups is 11. The zero-order valence-corrected chi connectivity index (χ0v) is 51.7. The predicted octanol–water partition coefficient (Wildman–Crippen LogP) is 8.04. The van der Waals surface area contributed by atoms with E-state index in [0.717, 1.165) is 40.4 Å². The van der Waals surface area contributed by atoms with E-state index in [4.69, 9.17) is 15.6 Å². The van der Waals surface area contributed by atoms with Crippen molar-refractivity contribution in [2.45, 2.75) is 137 Å². The number of carboxylic acid groups (broad SMARTS) is 3. The number of rotatable bonds is 37. The quantitative estimate of drug-likeness (QED) is 0.0181. The maximum atomic E-state index is 15.2. The number of hydrogen-bond donors (Lipinski definition) is 6. The number of amides is 5. The first kappa shape index (κ1) is 75.0. The van der Waals surface area contributed by atoms with Crippen molar-refractivity contribution in [3.63, 3.8) is 0 Å². The van der Waals surface area contributed by atoms with Crippen molar-refractivity contribution in [3.8, 4) is 11.1 Å². The minimum atomic E-state index is -5.08. The molecule has 4 rings (SSSR count). The molecule has 3 aromatic rings. The Labute approximate surface area is 516 Å². The van der Waals surface area contributed by atoms with E-state index >= 15 is 4.39 Å². The van der Waals surface area contributed by atoms with E-state index in [1.165, 1.54) is 30.8 Å². The number of halogens is 5. The largest absolute Gasteiger partial charge is 0.490 e. The van der Waals surface area contributed by atoms with Crippen LogP contribution in [0.15, 0.2) is 72.9 Å². The van der Waals surface area contributed by atoms with E-state index in [-0.39, 0.29) is 103 Å². The Morgan fingerprint density at radius 1 is 0.750 bits per heavy atom. The number of nitrogens with one attached hydrogen (secondary N) is 2. The maximum absolute atomic E-state index is 15.2. The maximum Gasteiger partial charge on any atom is 0.490 e. The number of carboxylic acids is 3. The molecule has 1 aromatic heterocycles. The van der Waals surface area contributed by atoms with Gasteiger partial charge in [-0.3, -0.25) is 48.1 Å². The molecule has 0 fully saturated rings. The first-order valence-electron chi connectivity index (χ1n) is 28.5. The molecular formula is C61H79F5N6O14S2. The van der Waals surface area contributed by atoms with Crippen LogP contribution in [0.4, 0.5) is 22.0 Å². The average molecular weight is 1280 g/mol. The van der Waals surface area contributed by atoms with Crippen molar-refractivity contribution >= 4 is 88.3 Å². The number of hydrogen-bond acceptors (Lipinski definition) is 14. The number of benzene rings is 2. The van der Waals surface area contributed by atoms with Gasteiger partial charge in [0, 0.05) is 104 Å². The third kappa shape index (κ3) is 25.5. The molecule has 5 atom stereocenters. The number of nitrogens with zero attached hydrogens (tertiary/aromatic N) is 3. The van der Waals surface area contributed by atoms with Crippen molar-refractivity contribution in [3.05, 3.63) is 95.8 Å². The molecule has 0 bridgehead atoms. The number of nitrogens with two attached hydrogens (primary N) is 1. The van der Waals surface area contributed by atoms with Crippen LogP contribution >= 0.6 is 23.5 Å². The summed E-state index contributed by atoms with van der Waals surface area (Å²) in [6, 6.07) is 11.6. The molecule has 27 heteroatoms. The highest BCUT2D eigenvalue weighted by Crippen LogP contribution is 2.41. The Bertz CT molecular complexity index is 2940. The standard InChI is InChI=1S/C59H78F2N6O12S2.C2HF3O2/c1-37(2)45(31-43(68)16-11-8-12-25-66-52(72)21-22-53(66)73)56(75)63-38(3)50(70)29-41(57(76)77)34-81-35-44(69)18-20-48(58(78)79)64-51(71)23-27-80-36-54(74)67(26-13-24-62)55(59(4,5)6)49-28-40(46-30-42(60)17-19-47(46)61)33-65(49)32-39-14-9-7-10-15-39;3-2(4,5)1(6)7/h7,9-10,14-15,17,19,21-22,28,30,33,37-38,41,45,48,55H,8,11-13,16,18,20,23-27,29,31-32,34-36,62H2,1-6H3,(H,63,75)(H,64,71)(H,76,77)(H,78,79);(H,6,7)/t38-,41-,45-,48+,55-;/m0./s1. The van der Waals surface area contributed by atoms with Crippen molar-refractivity contribution in [2.24, 2.45) is 28.9 Å². The molecule has 0 saturated heterocycles. The van der Waals surface area contributed by atoms with Gasteiger partial charge in [-0.1, -0.05) is 71.4 Å². The summed E-state index contributed by atoms with van der Waals surface area (Å²) in [4.78, 5) is 139. The fourth-order valence-electron chi connectivity index (χ4n) is 9.33. The molecule has 88 heavy (non-hydrogen) atoms. The minimum absolute atomic E-state index is 0.0440. The zero-order chi connectivity index (χ0) is 66.1. The van der Waals surface area contributed by atoms with E-state index in [2.05, 4.69) is 10.6 Å². The van der Waals surface area contributed by atoms with Gasteiger partial charge >= 0.3 is 24.1 Å². The summed E-state index contributed by atoms with van der Waals surface area (Å²) in [5.74, 6) is -12.3. The van der Waals surface area contributed by atoms with Crippen molar-refractivity contribution < 1.29 is 90.0 Å². The summed E-state index contributed by atoms with van der Waals surface area (Å²) in [7, 11) is 0. The van der Waals surface area contributed by atoms with Crippen LogP contribution in [-0.4, -0.2) is 155 Å². The monoisotopic (exact) mass is 1280 g/mol. The van der Waals surface area contributed by atoms with Gasteiger partial charge in [0.05, 0.1) is 29.5 Å². The van der Waals surface area contributed by atoms with Crippen LogP contribution in [-0.2, 0) is 59.3 Å². The van der Waals surface area contributed by atoms with E-state index < -0.39 is 101 Å². The van der Waals surface area contributed by atoms with Gasteiger partial charge in [0.25, 0.3) is 11.8 Å². The number of alkyl halides is 3. The second-order valence-electron chi connectivity index (χ2n) is 22.5. The number of carbonyl (C=O) groups excluding carboxylic acids is 8. The molecular weight excluding hydrogens is 1200 g/mol. The van der Waals surface area contributed by atoms with E-state index in [1.54, 1.807) is 31.0 Å². The molecule has 0 radical (unpaired) electrons. The van der Waals surface area contributed by atoms with Crippen LogP contribution in [0, 0.1) is 34.8 Å². The molecule has 0 saturated carbocycles. The number of aliphatic carboxylic acids is 3. The first-order valence-corrected chi connectivity index (χ1v) is 30.9. The number of imide groups is 1. The second kappa shape index (κ2) is 36.3. The smallest absolute Gasteiger partial charge is 0.481 e. The van der Waals surface area contributed by atoms with Crippen molar-refractivity contribution in [2.75, 3.05) is 42.6 Å². The lowest BCUT2D eigenvalue weighted by Gasteiger charge is -2.41. The summed E-state index contributed by atoms with van der Waals surface area (Å²) in [6.45, 7) is 12.1. The molecule has 5 amide bonds. The topological polar surface area (TPSA) is 310 Å². The molecule has 1 aliphatic rings. The highest BCUT2D eigenvalue weighted by Gasteiger charge is 2.39. The fourth-order valence-corrected chi connectivity index (χ4v) is 11.2. The van der Waals surface area contributed by atoms with E-state index in [9.17, 15) is 75.7 Å². The summed E-state index contributed by atoms with van der Waals surface area (Å²) >= 11 is 2.13. The fraction of sp³-hybridized carbons (Fsp3) is 0.525. The number of thioether (sulfide) groups is 2. The van der Waals surface area contributed by atoms with Crippen LogP contribution in [0.5, 0.6) is 0 Å². The highest BCUT2D eigenvalue weighted by atomic mass is 32.2. The number of Topliss-reactive ketones (excluding diaryl/α,β-unsaturated/α-hetero) is 3. The van der Waals surface area contributed by atoms with Crippen molar-refractivity contribution in [1.29, 1.82) is 0 Å². The lowest BCUT2D eigenvalue weighted by atomic mass is 9.83. The lowest BCUT2D eigenvalue weighted by molar-refractivity contribution is -0.192. The molecule has 484 valence electrons. The third-order valence-electron chi connectivity index (χ3n) is 14.0. The molecule has 7 N–H and O–H groups in total. The molecule has 2 heterocycles. The van der Waals surface area contributed by atoms with Gasteiger partial charge in [-0.05, 0) is 80.3 Å². The van der Waals surface area contributed by atoms with Gasteiger partial charge in [-0.2, -0.15) is 36.7 Å².